The van der Waals surface area contributed by atoms with Crippen molar-refractivity contribution in [3.05, 3.63) is 28.3 Å². The molecule has 1 aromatic carbocycles. The number of nitro benzene ring substituents is 1. The minimum Gasteiger partial charge on any atom is -0.399 e. The maximum atomic E-state index is 12.1. The van der Waals surface area contributed by atoms with E-state index >= 15 is 0 Å². The maximum absolute atomic E-state index is 12.1. The molecule has 7 heteroatoms. The first-order valence-corrected chi connectivity index (χ1v) is 6.72. The highest BCUT2D eigenvalue weighted by Gasteiger charge is 2.28. The Kier molecular flexibility index (Phi) is 3.67. The van der Waals surface area contributed by atoms with Crippen LogP contribution in [0, 0.1) is 10.1 Å². The van der Waals surface area contributed by atoms with Gasteiger partial charge in [-0.25, -0.2) is 0 Å². The van der Waals surface area contributed by atoms with E-state index in [0.717, 1.165) is 0 Å². The molecule has 1 atom stereocenters. The average Bonchev–Trinajstić information content (AvgIpc) is 2.17. The molecular formula is C9H13N2O4P. The van der Waals surface area contributed by atoms with E-state index in [1.807, 2.05) is 0 Å². The molecule has 16 heavy (non-hydrogen) atoms. The van der Waals surface area contributed by atoms with Crippen LogP contribution < -0.4 is 11.0 Å². The molecule has 1 aromatic rings. The van der Waals surface area contributed by atoms with Crippen molar-refractivity contribution in [2.75, 3.05) is 19.0 Å². The fourth-order valence-electron chi connectivity index (χ4n) is 1.34. The monoisotopic (exact) mass is 244 g/mol. The molecule has 0 aromatic heterocycles. The van der Waals surface area contributed by atoms with Crippen LogP contribution in [0.15, 0.2) is 18.2 Å². The van der Waals surface area contributed by atoms with Crippen LogP contribution in [0.4, 0.5) is 11.4 Å². The van der Waals surface area contributed by atoms with E-state index in [2.05, 4.69) is 0 Å². The molecule has 0 aliphatic rings. The van der Waals surface area contributed by atoms with Crippen LogP contribution in [0.5, 0.6) is 0 Å². The molecule has 0 spiro atoms. The van der Waals surface area contributed by atoms with Crippen molar-refractivity contribution >= 4 is 24.0 Å². The second kappa shape index (κ2) is 4.63. The van der Waals surface area contributed by atoms with Crippen LogP contribution in [0.2, 0.25) is 0 Å². The molecule has 0 aliphatic carbocycles. The van der Waals surface area contributed by atoms with Gasteiger partial charge in [-0.3, -0.25) is 14.7 Å². The first kappa shape index (κ1) is 12.7. The largest absolute Gasteiger partial charge is 0.399 e. The van der Waals surface area contributed by atoms with Crippen molar-refractivity contribution in [2.24, 2.45) is 0 Å². The maximum Gasteiger partial charge on any atom is 0.282 e. The van der Waals surface area contributed by atoms with Crippen LogP contribution >= 0.6 is 7.37 Å². The van der Waals surface area contributed by atoms with E-state index in [0.29, 0.717) is 5.69 Å². The molecule has 2 N–H and O–H groups in total. The molecular weight excluding hydrogens is 231 g/mol. The fraction of sp³-hybridized carbons (Fsp3) is 0.333. The van der Waals surface area contributed by atoms with Gasteiger partial charge in [-0.05, 0) is 19.1 Å². The third-order valence-corrected chi connectivity index (χ3v) is 3.99. The van der Waals surface area contributed by atoms with Gasteiger partial charge in [-0.15, -0.1) is 0 Å². The Hall–Kier alpha value is -1.39. The highest BCUT2D eigenvalue weighted by molar-refractivity contribution is 7.66. The van der Waals surface area contributed by atoms with Gasteiger partial charge in [0.25, 0.3) is 5.69 Å². The van der Waals surface area contributed by atoms with Gasteiger partial charge in [0.15, 0.2) is 0 Å². The van der Waals surface area contributed by atoms with Gasteiger partial charge in [0.2, 0.25) is 7.37 Å². The molecule has 1 rings (SSSR count). The first-order chi connectivity index (χ1) is 7.38. The van der Waals surface area contributed by atoms with Gasteiger partial charge in [0.1, 0.15) is 5.30 Å². The Morgan fingerprint density at radius 3 is 2.69 bits per heavy atom. The zero-order valence-electron chi connectivity index (χ0n) is 9.04. The third kappa shape index (κ3) is 2.59. The smallest absolute Gasteiger partial charge is 0.282 e. The van der Waals surface area contributed by atoms with Crippen LogP contribution in [0.1, 0.15) is 6.92 Å². The lowest BCUT2D eigenvalue weighted by Gasteiger charge is -2.13. The Morgan fingerprint density at radius 1 is 1.56 bits per heavy atom. The Morgan fingerprint density at radius 2 is 2.19 bits per heavy atom. The summed E-state index contributed by atoms with van der Waals surface area (Å²) in [7, 11) is -3.19. The number of benzene rings is 1. The number of nitrogen functional groups attached to an aromatic ring is 1. The van der Waals surface area contributed by atoms with Gasteiger partial charge in [0.05, 0.1) is 11.5 Å². The van der Waals surface area contributed by atoms with Crippen molar-refractivity contribution in [3.8, 4) is 0 Å². The Bertz CT molecular complexity index is 461. The average molecular weight is 244 g/mol. The van der Waals surface area contributed by atoms with Crippen LogP contribution in [-0.4, -0.2) is 18.2 Å². The molecule has 6 nitrogen and oxygen atoms in total. The number of nitro groups is 1. The first-order valence-electron chi connectivity index (χ1n) is 4.65. The lowest BCUT2D eigenvalue weighted by atomic mass is 10.3. The number of hydrogen-bond acceptors (Lipinski definition) is 5. The molecule has 88 valence electrons. The second-order valence-corrected chi connectivity index (χ2v) is 5.70. The molecule has 0 amide bonds. The molecule has 0 radical (unpaired) electrons. The fourth-order valence-corrected chi connectivity index (χ4v) is 2.92. The summed E-state index contributed by atoms with van der Waals surface area (Å²) in [5, 5.41) is 10.8. The van der Waals surface area contributed by atoms with E-state index < -0.39 is 12.3 Å². The van der Waals surface area contributed by atoms with Crippen molar-refractivity contribution in [1.29, 1.82) is 0 Å². The van der Waals surface area contributed by atoms with E-state index in [1.165, 1.54) is 24.9 Å². The van der Waals surface area contributed by atoms with Crippen LogP contribution in [0.25, 0.3) is 0 Å². The molecule has 0 aliphatic heterocycles. The van der Waals surface area contributed by atoms with Gasteiger partial charge in [-0.1, -0.05) is 0 Å². The number of nitrogens with zero attached hydrogens (tertiary/aromatic N) is 1. The van der Waals surface area contributed by atoms with E-state index in [9.17, 15) is 14.7 Å². The van der Waals surface area contributed by atoms with E-state index in [4.69, 9.17) is 10.3 Å². The van der Waals surface area contributed by atoms with Crippen molar-refractivity contribution in [1.82, 2.24) is 0 Å². The third-order valence-electron chi connectivity index (χ3n) is 2.01. The number of anilines is 1. The zero-order chi connectivity index (χ0) is 12.3. The standard InChI is InChI=1S/C9H13N2O4P/c1-3-15-16(2,14)9-6-7(10)4-5-8(9)11(12)13/h4-6H,3,10H2,1-2H3. The van der Waals surface area contributed by atoms with Crippen molar-refractivity contribution in [2.45, 2.75) is 6.92 Å². The van der Waals surface area contributed by atoms with Crippen LogP contribution in [-0.2, 0) is 9.09 Å². The molecule has 0 saturated carbocycles. The molecule has 0 bridgehead atoms. The summed E-state index contributed by atoms with van der Waals surface area (Å²) in [6, 6.07) is 3.96. The van der Waals surface area contributed by atoms with Gasteiger partial charge in [-0.2, -0.15) is 0 Å². The Balaban J connectivity index is 3.35. The summed E-state index contributed by atoms with van der Waals surface area (Å²) in [4.78, 5) is 10.2. The summed E-state index contributed by atoms with van der Waals surface area (Å²) in [5.41, 5.74) is 5.61. The van der Waals surface area contributed by atoms with E-state index in [-0.39, 0.29) is 17.6 Å². The summed E-state index contributed by atoms with van der Waals surface area (Å²) in [6.07, 6.45) is 0. The predicted molar refractivity (Wildman–Crippen MR) is 62.3 cm³/mol. The second-order valence-electron chi connectivity index (χ2n) is 3.27. The summed E-state index contributed by atoms with van der Waals surface area (Å²) < 4.78 is 17.2. The van der Waals surface area contributed by atoms with Gasteiger partial charge >= 0.3 is 0 Å². The minimum absolute atomic E-state index is 0.0550. The van der Waals surface area contributed by atoms with Gasteiger partial charge < -0.3 is 10.3 Å². The molecule has 0 saturated heterocycles. The molecule has 0 fully saturated rings. The van der Waals surface area contributed by atoms with E-state index in [1.54, 1.807) is 6.92 Å². The number of hydrogen-bond donors (Lipinski definition) is 1. The highest BCUT2D eigenvalue weighted by atomic mass is 31.2. The molecule has 1 unspecified atom stereocenters. The van der Waals surface area contributed by atoms with Crippen LogP contribution in [0.3, 0.4) is 0 Å². The van der Waals surface area contributed by atoms with Crippen molar-refractivity contribution in [3.63, 3.8) is 0 Å². The number of nitrogens with two attached hydrogens (primary N) is 1. The quantitative estimate of drug-likeness (QED) is 0.376. The number of rotatable bonds is 4. The minimum atomic E-state index is -3.19. The topological polar surface area (TPSA) is 95.5 Å². The summed E-state index contributed by atoms with van der Waals surface area (Å²) in [6.45, 7) is 3.24. The summed E-state index contributed by atoms with van der Waals surface area (Å²) in [5.74, 6) is 0. The lowest BCUT2D eigenvalue weighted by molar-refractivity contribution is -0.383. The predicted octanol–water partition coefficient (Wildman–Crippen LogP) is 1.75. The SMILES string of the molecule is CCOP(C)(=O)c1cc(N)ccc1[N+](=O)[O-]. The zero-order valence-corrected chi connectivity index (χ0v) is 9.94. The van der Waals surface area contributed by atoms with Gasteiger partial charge in [0, 0.05) is 18.4 Å². The normalized spacial score (nSPS) is 14.4. The highest BCUT2D eigenvalue weighted by Crippen LogP contribution is 2.44. The lowest BCUT2D eigenvalue weighted by Crippen LogP contribution is -2.13. The Labute approximate surface area is 93.0 Å². The summed E-state index contributed by atoms with van der Waals surface area (Å²) >= 11 is 0. The molecule has 0 heterocycles. The van der Waals surface area contributed by atoms with Crippen molar-refractivity contribution < 1.29 is 14.0 Å².